The van der Waals surface area contributed by atoms with Crippen molar-refractivity contribution in [2.75, 3.05) is 37.7 Å². The third-order valence-corrected chi connectivity index (χ3v) is 9.25. The maximum Gasteiger partial charge on any atom is 0.337 e. The Balaban J connectivity index is 1.37. The Hall–Kier alpha value is -3.85. The molecule has 1 aliphatic heterocycles. The van der Waals surface area contributed by atoms with E-state index in [-0.39, 0.29) is 18.0 Å². The highest BCUT2D eigenvalue weighted by Crippen LogP contribution is 2.34. The lowest BCUT2D eigenvalue weighted by Crippen LogP contribution is -2.50. The molecule has 2 aromatic heterocycles. The molecule has 0 saturated carbocycles. The lowest BCUT2D eigenvalue weighted by atomic mass is 10.1. The van der Waals surface area contributed by atoms with Crippen LogP contribution >= 0.6 is 11.3 Å². The molecule has 1 aliphatic carbocycles. The first-order chi connectivity index (χ1) is 19.5. The SMILES string of the molecule is CCOc1ccc(-n2c(=O)c3c4c(sc3n(CC(=O)N3CCN(c5ccccc5)CC3)c2=O)CCCCC4)cc1. The number of amides is 1. The van der Waals surface area contributed by atoms with E-state index in [1.54, 1.807) is 28.8 Å². The van der Waals surface area contributed by atoms with Crippen LogP contribution in [0.3, 0.4) is 0 Å². The molecule has 0 unspecified atom stereocenters. The number of hydrogen-bond donors (Lipinski definition) is 0. The van der Waals surface area contributed by atoms with E-state index in [0.717, 1.165) is 56.4 Å². The smallest absolute Gasteiger partial charge is 0.337 e. The molecule has 0 bridgehead atoms. The van der Waals surface area contributed by atoms with E-state index in [4.69, 9.17) is 4.74 Å². The van der Waals surface area contributed by atoms with Gasteiger partial charge >= 0.3 is 5.69 Å². The van der Waals surface area contributed by atoms with E-state index in [0.29, 0.717) is 41.3 Å². The lowest BCUT2D eigenvalue weighted by molar-refractivity contribution is -0.132. The van der Waals surface area contributed by atoms with Crippen LogP contribution in [0.25, 0.3) is 15.9 Å². The van der Waals surface area contributed by atoms with Crippen LogP contribution < -0.4 is 20.9 Å². The van der Waals surface area contributed by atoms with Gasteiger partial charge in [-0.15, -0.1) is 11.3 Å². The summed E-state index contributed by atoms with van der Waals surface area (Å²) in [5.41, 5.74) is 1.90. The van der Waals surface area contributed by atoms with Crippen LogP contribution in [0, 0.1) is 0 Å². The molecular weight excluding hydrogens is 524 g/mol. The number of thiophene rings is 1. The fourth-order valence-corrected chi connectivity index (χ4v) is 7.23. The van der Waals surface area contributed by atoms with Gasteiger partial charge in [-0.3, -0.25) is 14.2 Å². The normalized spacial score (nSPS) is 15.6. The topological polar surface area (TPSA) is 76.8 Å². The van der Waals surface area contributed by atoms with Gasteiger partial charge in [-0.1, -0.05) is 24.6 Å². The summed E-state index contributed by atoms with van der Waals surface area (Å²) in [4.78, 5) is 47.4. The van der Waals surface area contributed by atoms with Crippen molar-refractivity contribution in [3.8, 4) is 11.4 Å². The minimum atomic E-state index is -0.477. The molecule has 3 heterocycles. The van der Waals surface area contributed by atoms with E-state index >= 15 is 0 Å². The predicted molar refractivity (Wildman–Crippen MR) is 159 cm³/mol. The van der Waals surface area contributed by atoms with Gasteiger partial charge in [0.05, 0.1) is 17.7 Å². The van der Waals surface area contributed by atoms with Crippen molar-refractivity contribution in [1.29, 1.82) is 0 Å². The molecule has 9 heteroatoms. The fraction of sp³-hybridized carbons (Fsp3) is 0.387. The molecule has 1 amide bonds. The molecule has 2 aliphatic rings. The van der Waals surface area contributed by atoms with Crippen molar-refractivity contribution >= 4 is 33.1 Å². The largest absolute Gasteiger partial charge is 0.494 e. The Kier molecular flexibility index (Phi) is 7.47. The van der Waals surface area contributed by atoms with Gasteiger partial charge < -0.3 is 14.5 Å². The molecule has 8 nitrogen and oxygen atoms in total. The van der Waals surface area contributed by atoms with Crippen LogP contribution in [0.5, 0.6) is 5.75 Å². The second kappa shape index (κ2) is 11.3. The average molecular weight is 559 g/mol. The Labute approximate surface area is 237 Å². The van der Waals surface area contributed by atoms with E-state index in [2.05, 4.69) is 17.0 Å². The number of fused-ring (bicyclic) bond motifs is 3. The molecule has 0 N–H and O–H groups in total. The minimum absolute atomic E-state index is 0.0859. The van der Waals surface area contributed by atoms with Crippen LogP contribution in [0.1, 0.15) is 36.6 Å². The van der Waals surface area contributed by atoms with Crippen molar-refractivity contribution in [3.63, 3.8) is 0 Å². The summed E-state index contributed by atoms with van der Waals surface area (Å²) >= 11 is 1.52. The Bertz CT molecular complexity index is 1630. The number of carbonyl (C=O) groups is 1. The number of piperazine rings is 1. The number of rotatable bonds is 6. The highest BCUT2D eigenvalue weighted by molar-refractivity contribution is 7.18. The molecule has 6 rings (SSSR count). The first-order valence-corrected chi connectivity index (χ1v) is 15.0. The van der Waals surface area contributed by atoms with Gasteiger partial charge in [-0.25, -0.2) is 9.36 Å². The monoisotopic (exact) mass is 558 g/mol. The molecular formula is C31H34N4O4S. The molecule has 0 atom stereocenters. The zero-order valence-corrected chi connectivity index (χ0v) is 23.6. The average Bonchev–Trinajstić information content (AvgIpc) is 3.19. The van der Waals surface area contributed by atoms with Gasteiger partial charge in [0.2, 0.25) is 5.91 Å². The number of hydrogen-bond acceptors (Lipinski definition) is 6. The van der Waals surface area contributed by atoms with Gasteiger partial charge in [-0.2, -0.15) is 0 Å². The van der Waals surface area contributed by atoms with Crippen molar-refractivity contribution in [1.82, 2.24) is 14.0 Å². The summed E-state index contributed by atoms with van der Waals surface area (Å²) in [6, 6.07) is 17.2. The van der Waals surface area contributed by atoms with Crippen molar-refractivity contribution in [2.24, 2.45) is 0 Å². The summed E-state index contributed by atoms with van der Waals surface area (Å²) in [5, 5.41) is 0.595. The fourth-order valence-electron chi connectivity index (χ4n) is 5.86. The molecule has 4 aromatic rings. The van der Waals surface area contributed by atoms with E-state index in [9.17, 15) is 14.4 Å². The third-order valence-electron chi connectivity index (χ3n) is 7.94. The lowest BCUT2D eigenvalue weighted by Gasteiger charge is -2.36. The van der Waals surface area contributed by atoms with Crippen LogP contribution in [-0.4, -0.2) is 52.7 Å². The first-order valence-electron chi connectivity index (χ1n) is 14.2. The summed E-state index contributed by atoms with van der Waals surface area (Å²) in [7, 11) is 0. The Morgan fingerprint density at radius 1 is 0.875 bits per heavy atom. The second-order valence-corrected chi connectivity index (χ2v) is 11.5. The summed E-state index contributed by atoms with van der Waals surface area (Å²) in [5.74, 6) is 0.575. The number of para-hydroxylation sites is 1. The van der Waals surface area contributed by atoms with Crippen molar-refractivity contribution in [3.05, 3.63) is 85.9 Å². The quantitative estimate of drug-likeness (QED) is 0.331. The van der Waals surface area contributed by atoms with Gasteiger partial charge in [0.1, 0.15) is 17.1 Å². The molecule has 0 radical (unpaired) electrons. The molecule has 1 fully saturated rings. The predicted octanol–water partition coefficient (Wildman–Crippen LogP) is 4.23. The number of ether oxygens (including phenoxy) is 1. The maximum absolute atomic E-state index is 14.0. The number of nitrogens with zero attached hydrogens (tertiary/aromatic N) is 4. The van der Waals surface area contributed by atoms with Gasteiger partial charge in [0, 0.05) is 36.7 Å². The highest BCUT2D eigenvalue weighted by atomic mass is 32.1. The van der Waals surface area contributed by atoms with Crippen LogP contribution in [0.2, 0.25) is 0 Å². The van der Waals surface area contributed by atoms with Crippen LogP contribution in [0.4, 0.5) is 5.69 Å². The third kappa shape index (κ3) is 4.94. The molecule has 40 heavy (non-hydrogen) atoms. The van der Waals surface area contributed by atoms with Crippen molar-refractivity contribution < 1.29 is 9.53 Å². The van der Waals surface area contributed by atoms with Crippen LogP contribution in [0.15, 0.2) is 64.2 Å². The van der Waals surface area contributed by atoms with Crippen LogP contribution in [-0.2, 0) is 24.2 Å². The van der Waals surface area contributed by atoms with E-state index < -0.39 is 5.69 Å². The zero-order chi connectivity index (χ0) is 27.6. The van der Waals surface area contributed by atoms with E-state index in [1.165, 1.54) is 20.8 Å². The highest BCUT2D eigenvalue weighted by Gasteiger charge is 2.27. The zero-order valence-electron chi connectivity index (χ0n) is 22.8. The molecule has 0 spiro atoms. The summed E-state index contributed by atoms with van der Waals surface area (Å²) in [6.45, 7) is 5.00. The summed E-state index contributed by atoms with van der Waals surface area (Å²) < 4.78 is 8.33. The number of aryl methyl sites for hydroxylation is 2. The standard InChI is InChI=1S/C31H34N4O4S/c1-2-39-24-15-13-23(14-16-24)35-29(37)28-25-11-7-4-8-12-26(25)40-30(28)34(31(35)38)21-27(36)33-19-17-32(18-20-33)22-9-5-3-6-10-22/h3,5-6,9-10,13-16H,2,4,7-8,11-12,17-21H2,1H3. The van der Waals surface area contributed by atoms with Gasteiger partial charge in [-0.05, 0) is 74.6 Å². The number of aromatic nitrogens is 2. The summed E-state index contributed by atoms with van der Waals surface area (Å²) in [6.07, 6.45) is 4.94. The van der Waals surface area contributed by atoms with E-state index in [1.807, 2.05) is 30.0 Å². The minimum Gasteiger partial charge on any atom is -0.494 e. The Morgan fingerprint density at radius 2 is 1.60 bits per heavy atom. The maximum atomic E-state index is 14.0. The molecule has 1 saturated heterocycles. The van der Waals surface area contributed by atoms with Gasteiger partial charge in [0.15, 0.2) is 0 Å². The number of anilines is 1. The second-order valence-electron chi connectivity index (χ2n) is 10.4. The number of carbonyl (C=O) groups excluding carboxylic acids is 1. The molecule has 2 aromatic carbocycles. The Morgan fingerprint density at radius 3 is 2.33 bits per heavy atom. The first kappa shape index (κ1) is 26.4. The number of benzene rings is 2. The van der Waals surface area contributed by atoms with Crippen molar-refractivity contribution in [2.45, 2.75) is 45.6 Å². The van der Waals surface area contributed by atoms with Gasteiger partial charge in [0.25, 0.3) is 5.56 Å². The molecule has 208 valence electrons.